The molecule has 8 heteroatoms. The second-order valence-electron chi connectivity index (χ2n) is 5.98. The number of nitrogens with one attached hydrogen (secondary N) is 3. The van der Waals surface area contributed by atoms with Gasteiger partial charge in [0.2, 0.25) is 5.91 Å². The lowest BCUT2D eigenvalue weighted by atomic mass is 10.1. The SMILES string of the molecule is CCCC(NC(=O)C(CCC)NC(=O)NCc1ccc(F)cc1)C(=O)O. The Morgan fingerprint density at radius 2 is 1.58 bits per heavy atom. The van der Waals surface area contributed by atoms with Crippen molar-refractivity contribution in [2.75, 3.05) is 0 Å². The number of amides is 3. The zero-order chi connectivity index (χ0) is 19.5. The molecule has 0 aromatic heterocycles. The highest BCUT2D eigenvalue weighted by atomic mass is 19.1. The number of benzene rings is 1. The maximum absolute atomic E-state index is 12.9. The number of carboxylic acids is 1. The van der Waals surface area contributed by atoms with E-state index < -0.39 is 30.0 Å². The maximum Gasteiger partial charge on any atom is 0.326 e. The Kier molecular flexibility index (Phi) is 9.11. The molecule has 0 radical (unpaired) electrons. The van der Waals surface area contributed by atoms with Gasteiger partial charge in [0.05, 0.1) is 0 Å². The van der Waals surface area contributed by atoms with Gasteiger partial charge in [0.1, 0.15) is 17.9 Å². The standard InChI is InChI=1S/C18H26FN3O4/c1-3-5-14(16(23)21-15(6-4-2)17(24)25)22-18(26)20-11-12-7-9-13(19)10-8-12/h7-10,14-15H,3-6,11H2,1-2H3,(H,21,23)(H,24,25)(H2,20,22,26). The van der Waals surface area contributed by atoms with Gasteiger partial charge in [0.25, 0.3) is 0 Å². The van der Waals surface area contributed by atoms with Gasteiger partial charge in [0, 0.05) is 6.54 Å². The number of carbonyl (C=O) groups excluding carboxylic acids is 2. The summed E-state index contributed by atoms with van der Waals surface area (Å²) in [5, 5.41) is 16.8. The minimum atomic E-state index is -1.10. The van der Waals surface area contributed by atoms with Crippen LogP contribution in [-0.2, 0) is 16.1 Å². The molecule has 0 bridgehead atoms. The molecule has 0 aliphatic heterocycles. The zero-order valence-electron chi connectivity index (χ0n) is 15.0. The Morgan fingerprint density at radius 1 is 1.00 bits per heavy atom. The molecule has 1 aromatic rings. The molecule has 144 valence electrons. The lowest BCUT2D eigenvalue weighted by Crippen LogP contribution is -2.53. The van der Waals surface area contributed by atoms with E-state index in [0.717, 1.165) is 0 Å². The lowest BCUT2D eigenvalue weighted by molar-refractivity contribution is -0.142. The molecule has 1 aromatic carbocycles. The average molecular weight is 367 g/mol. The largest absolute Gasteiger partial charge is 0.480 e. The van der Waals surface area contributed by atoms with Gasteiger partial charge in [-0.15, -0.1) is 0 Å². The monoisotopic (exact) mass is 367 g/mol. The van der Waals surface area contributed by atoms with Gasteiger partial charge in [-0.25, -0.2) is 14.0 Å². The zero-order valence-corrected chi connectivity index (χ0v) is 15.0. The van der Waals surface area contributed by atoms with Gasteiger partial charge in [-0.2, -0.15) is 0 Å². The smallest absolute Gasteiger partial charge is 0.326 e. The van der Waals surface area contributed by atoms with Gasteiger partial charge in [0.15, 0.2) is 0 Å². The summed E-state index contributed by atoms with van der Waals surface area (Å²) in [5.41, 5.74) is 0.715. The number of hydrogen-bond donors (Lipinski definition) is 4. The van der Waals surface area contributed by atoms with E-state index in [9.17, 15) is 18.8 Å². The Hall–Kier alpha value is -2.64. The van der Waals surface area contributed by atoms with Crippen LogP contribution >= 0.6 is 0 Å². The highest BCUT2D eigenvalue weighted by Crippen LogP contribution is 2.03. The Bertz CT molecular complexity index is 607. The van der Waals surface area contributed by atoms with Crippen molar-refractivity contribution >= 4 is 17.9 Å². The van der Waals surface area contributed by atoms with E-state index in [1.807, 2.05) is 13.8 Å². The van der Waals surface area contributed by atoms with Gasteiger partial charge < -0.3 is 21.1 Å². The van der Waals surface area contributed by atoms with Crippen molar-refractivity contribution in [3.63, 3.8) is 0 Å². The topological polar surface area (TPSA) is 108 Å². The quantitative estimate of drug-likeness (QED) is 0.508. The summed E-state index contributed by atoms with van der Waals surface area (Å²) < 4.78 is 12.9. The first-order chi connectivity index (χ1) is 12.4. The number of aliphatic carboxylic acids is 1. The maximum atomic E-state index is 12.9. The van der Waals surface area contributed by atoms with Crippen LogP contribution < -0.4 is 16.0 Å². The third kappa shape index (κ3) is 7.50. The minimum absolute atomic E-state index is 0.181. The van der Waals surface area contributed by atoms with Crippen molar-refractivity contribution in [3.8, 4) is 0 Å². The van der Waals surface area contributed by atoms with Crippen molar-refractivity contribution in [1.29, 1.82) is 0 Å². The number of rotatable bonds is 10. The third-order valence-electron chi connectivity index (χ3n) is 3.76. The molecule has 0 saturated carbocycles. The van der Waals surface area contributed by atoms with Crippen molar-refractivity contribution in [2.45, 2.75) is 58.2 Å². The van der Waals surface area contributed by atoms with Crippen LogP contribution in [0.2, 0.25) is 0 Å². The number of halogens is 1. The second kappa shape index (κ2) is 11.1. The van der Waals surface area contributed by atoms with E-state index in [-0.39, 0.29) is 12.4 Å². The molecular weight excluding hydrogens is 341 g/mol. The molecule has 4 N–H and O–H groups in total. The average Bonchev–Trinajstić information content (AvgIpc) is 2.60. The third-order valence-corrected chi connectivity index (χ3v) is 3.76. The molecular formula is C18H26FN3O4. The van der Waals surface area contributed by atoms with Crippen molar-refractivity contribution < 1.29 is 23.9 Å². The van der Waals surface area contributed by atoms with Gasteiger partial charge >= 0.3 is 12.0 Å². The van der Waals surface area contributed by atoms with Crippen molar-refractivity contribution in [3.05, 3.63) is 35.6 Å². The summed E-state index contributed by atoms with van der Waals surface area (Å²) in [6.45, 7) is 3.87. The molecule has 2 atom stereocenters. The predicted molar refractivity (Wildman–Crippen MR) is 94.9 cm³/mol. The minimum Gasteiger partial charge on any atom is -0.480 e. The molecule has 2 unspecified atom stereocenters. The molecule has 0 aliphatic rings. The van der Waals surface area contributed by atoms with E-state index in [1.54, 1.807) is 12.1 Å². The summed E-state index contributed by atoms with van der Waals surface area (Å²) >= 11 is 0. The Balaban J connectivity index is 2.59. The normalized spacial score (nSPS) is 12.7. The fraction of sp³-hybridized carbons (Fsp3) is 0.500. The molecule has 0 spiro atoms. The fourth-order valence-corrected chi connectivity index (χ4v) is 2.37. The first kappa shape index (κ1) is 21.4. The Morgan fingerprint density at radius 3 is 2.12 bits per heavy atom. The van der Waals surface area contributed by atoms with E-state index >= 15 is 0 Å². The molecule has 7 nitrogen and oxygen atoms in total. The lowest BCUT2D eigenvalue weighted by Gasteiger charge is -2.21. The molecule has 0 heterocycles. The van der Waals surface area contributed by atoms with Crippen LogP contribution in [0.25, 0.3) is 0 Å². The summed E-state index contributed by atoms with van der Waals surface area (Å²) in [7, 11) is 0. The van der Waals surface area contributed by atoms with Crippen LogP contribution in [0.4, 0.5) is 9.18 Å². The molecule has 0 fully saturated rings. The van der Waals surface area contributed by atoms with Crippen LogP contribution in [0, 0.1) is 5.82 Å². The van der Waals surface area contributed by atoms with E-state index in [1.165, 1.54) is 12.1 Å². The molecule has 3 amide bonds. The van der Waals surface area contributed by atoms with E-state index in [0.29, 0.717) is 31.2 Å². The number of carboxylic acid groups (broad SMARTS) is 1. The van der Waals surface area contributed by atoms with Crippen LogP contribution in [0.3, 0.4) is 0 Å². The highest BCUT2D eigenvalue weighted by Gasteiger charge is 2.25. The number of hydrogen-bond acceptors (Lipinski definition) is 3. The summed E-state index contributed by atoms with van der Waals surface area (Å²) in [5.74, 6) is -1.99. The number of urea groups is 1. The number of carbonyl (C=O) groups is 3. The summed E-state index contributed by atoms with van der Waals surface area (Å²) in [6.07, 6.45) is 1.95. The molecule has 1 rings (SSSR count). The molecule has 0 aliphatic carbocycles. The highest BCUT2D eigenvalue weighted by molar-refractivity contribution is 5.90. The Labute approximate surface area is 152 Å². The summed E-state index contributed by atoms with van der Waals surface area (Å²) in [6, 6.07) is 3.33. The first-order valence-electron chi connectivity index (χ1n) is 8.69. The van der Waals surface area contributed by atoms with Crippen LogP contribution in [0.1, 0.15) is 45.1 Å². The van der Waals surface area contributed by atoms with Crippen molar-refractivity contribution in [2.24, 2.45) is 0 Å². The predicted octanol–water partition coefficient (Wildman–Crippen LogP) is 2.16. The van der Waals surface area contributed by atoms with Crippen molar-refractivity contribution in [1.82, 2.24) is 16.0 Å². The van der Waals surface area contributed by atoms with Gasteiger partial charge in [-0.1, -0.05) is 38.8 Å². The molecule has 0 saturated heterocycles. The van der Waals surface area contributed by atoms with Crippen LogP contribution in [0.5, 0.6) is 0 Å². The van der Waals surface area contributed by atoms with E-state index in [4.69, 9.17) is 5.11 Å². The van der Waals surface area contributed by atoms with Gasteiger partial charge in [-0.3, -0.25) is 4.79 Å². The first-order valence-corrected chi connectivity index (χ1v) is 8.69. The fourth-order valence-electron chi connectivity index (χ4n) is 2.37. The van der Waals surface area contributed by atoms with Gasteiger partial charge in [-0.05, 0) is 30.5 Å². The molecule has 26 heavy (non-hydrogen) atoms. The van der Waals surface area contributed by atoms with Crippen LogP contribution in [-0.4, -0.2) is 35.1 Å². The summed E-state index contributed by atoms with van der Waals surface area (Å²) in [4.78, 5) is 35.5. The van der Waals surface area contributed by atoms with E-state index in [2.05, 4.69) is 16.0 Å². The van der Waals surface area contributed by atoms with Crippen LogP contribution in [0.15, 0.2) is 24.3 Å². The second-order valence-corrected chi connectivity index (χ2v) is 5.98.